The van der Waals surface area contributed by atoms with Crippen LogP contribution in [0, 0.1) is 11.6 Å². The lowest BCUT2D eigenvalue weighted by atomic mass is 9.75. The van der Waals surface area contributed by atoms with E-state index in [0.29, 0.717) is 44.2 Å². The number of fused-ring (bicyclic) bond motifs is 1. The molecule has 3 heterocycles. The summed E-state index contributed by atoms with van der Waals surface area (Å²) in [5, 5.41) is 2.50. The third-order valence-electron chi connectivity index (χ3n) is 8.88. The lowest BCUT2D eigenvalue weighted by Gasteiger charge is -2.35. The van der Waals surface area contributed by atoms with Crippen LogP contribution < -0.4 is 20.4 Å². The first-order valence-electron chi connectivity index (χ1n) is 14.7. The highest BCUT2D eigenvalue weighted by Crippen LogP contribution is 2.38. The van der Waals surface area contributed by atoms with Gasteiger partial charge in [-0.15, -0.1) is 0 Å². The molecular formula is C31H39BF2N2O7. The van der Waals surface area contributed by atoms with Crippen LogP contribution in [0.15, 0.2) is 24.3 Å². The average Bonchev–Trinajstić information content (AvgIpc) is 3.18. The summed E-state index contributed by atoms with van der Waals surface area (Å²) in [6, 6.07) is 4.66. The number of hydrogen-bond donors (Lipinski definition) is 1. The van der Waals surface area contributed by atoms with Crippen molar-refractivity contribution in [3.05, 3.63) is 52.6 Å². The molecule has 9 nitrogen and oxygen atoms in total. The molecular weight excluding hydrogens is 561 g/mol. The standard InChI is InChI=1S/C31H39BF2N2O7/c1-18-17-40-13-11-36(18)20-15-23(33)26(24(34)16-20)28(37)35-25(29(38)39-6)14-19-9-10-22(27-21(19)8-7-12-41-27)32-42-30(2,3)31(4,5)43-32/h9-10,15-16,18,25H,7-8,11-14,17H2,1-6H3,(H,35,37)/t18-,25-/m0/s1. The summed E-state index contributed by atoms with van der Waals surface area (Å²) >= 11 is 0. The number of ether oxygens (including phenoxy) is 3. The quantitative estimate of drug-likeness (QED) is 0.382. The molecule has 3 aliphatic heterocycles. The Morgan fingerprint density at radius 2 is 1.79 bits per heavy atom. The molecule has 0 saturated carbocycles. The van der Waals surface area contributed by atoms with Crippen LogP contribution in [0.5, 0.6) is 5.75 Å². The third kappa shape index (κ3) is 6.10. The van der Waals surface area contributed by atoms with Crippen LogP contribution in [0.1, 0.15) is 62.5 Å². The minimum Gasteiger partial charge on any atom is -0.494 e. The first-order chi connectivity index (χ1) is 20.3. The van der Waals surface area contributed by atoms with Gasteiger partial charge in [0, 0.05) is 30.2 Å². The smallest absolute Gasteiger partial charge is 0.494 e. The number of anilines is 1. The number of amides is 1. The van der Waals surface area contributed by atoms with Crippen LogP contribution in [0.2, 0.25) is 0 Å². The van der Waals surface area contributed by atoms with Crippen LogP contribution in [0.4, 0.5) is 14.5 Å². The predicted molar refractivity (Wildman–Crippen MR) is 157 cm³/mol. The van der Waals surface area contributed by atoms with Gasteiger partial charge in [0.15, 0.2) is 0 Å². The molecule has 0 aromatic heterocycles. The van der Waals surface area contributed by atoms with Gasteiger partial charge in [0.05, 0.1) is 38.1 Å². The Morgan fingerprint density at radius 1 is 1.12 bits per heavy atom. The van der Waals surface area contributed by atoms with Gasteiger partial charge in [-0.1, -0.05) is 12.1 Å². The Kier molecular flexibility index (Phi) is 8.75. The number of rotatable bonds is 7. The van der Waals surface area contributed by atoms with Crippen LogP contribution >= 0.6 is 0 Å². The molecule has 2 fully saturated rings. The van der Waals surface area contributed by atoms with E-state index in [4.69, 9.17) is 23.5 Å². The summed E-state index contributed by atoms with van der Waals surface area (Å²) in [7, 11) is 0.553. The van der Waals surface area contributed by atoms with Gasteiger partial charge in [-0.3, -0.25) is 4.79 Å². The van der Waals surface area contributed by atoms with E-state index in [2.05, 4.69) is 5.32 Å². The fourth-order valence-electron chi connectivity index (χ4n) is 5.74. The van der Waals surface area contributed by atoms with Crippen molar-refractivity contribution >= 4 is 30.1 Å². The maximum absolute atomic E-state index is 15.2. The molecule has 2 aromatic rings. The predicted octanol–water partition coefficient (Wildman–Crippen LogP) is 3.33. The Hall–Kier alpha value is -3.22. The molecule has 0 spiro atoms. The minimum absolute atomic E-state index is 0.0281. The molecule has 0 bridgehead atoms. The Morgan fingerprint density at radius 3 is 2.42 bits per heavy atom. The first kappa shape index (κ1) is 31.2. The second-order valence-electron chi connectivity index (χ2n) is 12.3. The molecule has 1 amide bonds. The Balaban J connectivity index is 1.40. The van der Waals surface area contributed by atoms with Crippen molar-refractivity contribution in [1.82, 2.24) is 5.32 Å². The molecule has 12 heteroatoms. The van der Waals surface area contributed by atoms with Gasteiger partial charge in [-0.25, -0.2) is 13.6 Å². The van der Waals surface area contributed by atoms with Gasteiger partial charge in [0.2, 0.25) is 0 Å². The van der Waals surface area contributed by atoms with Crippen LogP contribution in [0.3, 0.4) is 0 Å². The van der Waals surface area contributed by atoms with Gasteiger partial charge in [0.25, 0.3) is 5.91 Å². The first-order valence-corrected chi connectivity index (χ1v) is 14.7. The number of nitrogens with one attached hydrogen (secondary N) is 1. The number of carbonyl (C=O) groups is 2. The minimum atomic E-state index is -1.20. The molecule has 3 aliphatic rings. The molecule has 1 N–H and O–H groups in total. The fraction of sp³-hybridized carbons (Fsp3) is 0.548. The fourth-order valence-corrected chi connectivity index (χ4v) is 5.74. The summed E-state index contributed by atoms with van der Waals surface area (Å²) in [6.07, 6.45) is 1.46. The number of halogens is 2. The van der Waals surface area contributed by atoms with Gasteiger partial charge in [-0.2, -0.15) is 0 Å². The number of carbonyl (C=O) groups excluding carboxylic acids is 2. The average molecular weight is 600 g/mol. The summed E-state index contributed by atoms with van der Waals surface area (Å²) < 4.78 is 59.4. The monoisotopic (exact) mass is 600 g/mol. The van der Waals surface area contributed by atoms with Crippen molar-refractivity contribution in [3.8, 4) is 5.75 Å². The molecule has 2 saturated heterocycles. The van der Waals surface area contributed by atoms with Crippen molar-refractivity contribution in [3.63, 3.8) is 0 Å². The number of hydrogen-bond acceptors (Lipinski definition) is 8. The van der Waals surface area contributed by atoms with Gasteiger partial charge < -0.3 is 33.7 Å². The van der Waals surface area contributed by atoms with E-state index in [1.54, 1.807) is 0 Å². The summed E-state index contributed by atoms with van der Waals surface area (Å²) in [4.78, 5) is 27.9. The second kappa shape index (κ2) is 12.1. The van der Waals surface area contributed by atoms with E-state index < -0.39 is 53.4 Å². The number of methoxy groups -OCH3 is 1. The second-order valence-corrected chi connectivity index (χ2v) is 12.3. The molecule has 43 heavy (non-hydrogen) atoms. The largest absolute Gasteiger partial charge is 0.498 e. The molecule has 5 rings (SSSR count). The molecule has 2 aromatic carbocycles. The van der Waals surface area contributed by atoms with E-state index >= 15 is 8.78 Å². The maximum atomic E-state index is 15.2. The van der Waals surface area contributed by atoms with Crippen LogP contribution in [-0.4, -0.2) is 75.8 Å². The molecule has 0 unspecified atom stereocenters. The highest BCUT2D eigenvalue weighted by atomic mass is 19.1. The Labute approximate surface area is 251 Å². The number of benzene rings is 2. The maximum Gasteiger partial charge on any atom is 0.498 e. The molecule has 0 radical (unpaired) electrons. The zero-order valence-electron chi connectivity index (χ0n) is 25.6. The van der Waals surface area contributed by atoms with Crippen molar-refractivity contribution in [2.24, 2.45) is 0 Å². The SMILES string of the molecule is COC(=O)[C@H](Cc1ccc(B2OC(C)(C)C(C)(C)O2)c2c1CCCO2)NC(=O)c1c(F)cc(N2CCOC[C@@H]2C)cc1F. The van der Waals surface area contributed by atoms with Crippen molar-refractivity contribution < 1.29 is 41.9 Å². The number of esters is 1. The van der Waals surface area contributed by atoms with Gasteiger partial charge >= 0.3 is 13.1 Å². The van der Waals surface area contributed by atoms with Crippen LogP contribution in [-0.2, 0) is 36.4 Å². The van der Waals surface area contributed by atoms with Crippen LogP contribution in [0.25, 0.3) is 0 Å². The summed E-state index contributed by atoms with van der Waals surface area (Å²) in [5.74, 6) is -3.21. The summed E-state index contributed by atoms with van der Waals surface area (Å²) in [6.45, 7) is 11.6. The molecule has 2 atom stereocenters. The van der Waals surface area contributed by atoms with Crippen molar-refractivity contribution in [1.29, 1.82) is 0 Å². The zero-order chi connectivity index (χ0) is 31.1. The van der Waals surface area contributed by atoms with E-state index in [1.165, 1.54) is 7.11 Å². The van der Waals surface area contributed by atoms with Crippen molar-refractivity contribution in [2.45, 2.75) is 77.2 Å². The van der Waals surface area contributed by atoms with E-state index in [9.17, 15) is 9.59 Å². The van der Waals surface area contributed by atoms with Crippen molar-refractivity contribution in [2.75, 3.05) is 38.4 Å². The lowest BCUT2D eigenvalue weighted by Crippen LogP contribution is -2.45. The highest BCUT2D eigenvalue weighted by Gasteiger charge is 2.53. The molecule has 0 aliphatic carbocycles. The number of morpholine rings is 1. The number of nitrogens with zero attached hydrogens (tertiary/aromatic N) is 1. The zero-order valence-corrected chi connectivity index (χ0v) is 25.6. The summed E-state index contributed by atoms with van der Waals surface area (Å²) in [5.41, 5.74) is 0.823. The Bertz CT molecular complexity index is 1360. The lowest BCUT2D eigenvalue weighted by molar-refractivity contribution is -0.142. The van der Waals surface area contributed by atoms with E-state index in [1.807, 2.05) is 51.7 Å². The normalized spacial score (nSPS) is 21.5. The van der Waals surface area contributed by atoms with E-state index in [0.717, 1.165) is 35.1 Å². The van der Waals surface area contributed by atoms with Gasteiger partial charge in [-0.05, 0) is 70.7 Å². The third-order valence-corrected chi connectivity index (χ3v) is 8.88. The highest BCUT2D eigenvalue weighted by molar-refractivity contribution is 6.63. The van der Waals surface area contributed by atoms with E-state index in [-0.39, 0.29) is 12.5 Å². The topological polar surface area (TPSA) is 95.6 Å². The van der Waals surface area contributed by atoms with Gasteiger partial charge in [0.1, 0.15) is 29.0 Å². The molecule has 232 valence electrons.